The standard InChI is InChI=1S/C26H33F3N2O3/c1-24-6-3-7-25(16-33-25)22(24)13-19-20(23(32)34-21(19)14-24)15-30-8-10-31(11-9-30)18-5-2-4-17(12-18)26(27,28)29/h2,4-5,12,19-22H,3,6-11,13-16H2,1H3/t19-,20-,21+,22-,24+,25-/m0/s1. The predicted octanol–water partition coefficient (Wildman–Crippen LogP) is 4.35. The van der Waals surface area contributed by atoms with Gasteiger partial charge in [-0.1, -0.05) is 13.0 Å². The summed E-state index contributed by atoms with van der Waals surface area (Å²) in [6.45, 7) is 6.65. The molecule has 3 heterocycles. The lowest BCUT2D eigenvalue weighted by Gasteiger charge is -2.51. The van der Waals surface area contributed by atoms with Gasteiger partial charge in [0.25, 0.3) is 0 Å². The zero-order chi connectivity index (χ0) is 23.7. The van der Waals surface area contributed by atoms with E-state index in [2.05, 4.69) is 11.8 Å². The molecule has 1 aromatic rings. The monoisotopic (exact) mass is 478 g/mol. The van der Waals surface area contributed by atoms with Crippen LogP contribution in [0.25, 0.3) is 0 Å². The fourth-order valence-corrected chi connectivity index (χ4v) is 7.51. The van der Waals surface area contributed by atoms with Crippen LogP contribution in [0.2, 0.25) is 0 Å². The molecular weight excluding hydrogens is 445 g/mol. The van der Waals surface area contributed by atoms with Gasteiger partial charge in [-0.05, 0) is 61.6 Å². The fraction of sp³-hybridized carbons (Fsp3) is 0.731. The molecule has 0 aromatic heterocycles. The summed E-state index contributed by atoms with van der Waals surface area (Å²) in [4.78, 5) is 17.2. The van der Waals surface area contributed by atoms with Crippen molar-refractivity contribution in [2.45, 2.75) is 56.9 Å². The van der Waals surface area contributed by atoms with E-state index in [0.29, 0.717) is 31.2 Å². The van der Waals surface area contributed by atoms with E-state index in [0.717, 1.165) is 45.0 Å². The summed E-state index contributed by atoms with van der Waals surface area (Å²) in [5, 5.41) is 0. The normalized spacial score (nSPS) is 40.1. The summed E-state index contributed by atoms with van der Waals surface area (Å²) >= 11 is 0. The van der Waals surface area contributed by atoms with Crippen LogP contribution in [0.15, 0.2) is 24.3 Å². The molecule has 6 atom stereocenters. The second-order valence-corrected chi connectivity index (χ2v) is 11.4. The molecule has 1 spiro atoms. The highest BCUT2D eigenvalue weighted by molar-refractivity contribution is 5.75. The Morgan fingerprint density at radius 2 is 1.91 bits per heavy atom. The number of benzene rings is 1. The molecule has 0 N–H and O–H groups in total. The largest absolute Gasteiger partial charge is 0.462 e. The Kier molecular flexibility index (Phi) is 5.23. The number of esters is 1. The number of hydrogen-bond acceptors (Lipinski definition) is 5. The molecule has 5 fully saturated rings. The van der Waals surface area contributed by atoms with Crippen LogP contribution in [0.5, 0.6) is 0 Å². The summed E-state index contributed by atoms with van der Waals surface area (Å²) in [7, 11) is 0. The molecule has 2 aliphatic carbocycles. The minimum absolute atomic E-state index is 0.0130. The van der Waals surface area contributed by atoms with Gasteiger partial charge in [-0.15, -0.1) is 0 Å². The van der Waals surface area contributed by atoms with E-state index in [4.69, 9.17) is 9.47 Å². The van der Waals surface area contributed by atoms with Gasteiger partial charge < -0.3 is 14.4 Å². The maximum Gasteiger partial charge on any atom is 0.416 e. The number of rotatable bonds is 3. The lowest BCUT2D eigenvalue weighted by molar-refractivity contribution is -0.147. The molecule has 1 aromatic carbocycles. The average molecular weight is 479 g/mol. The maximum absolute atomic E-state index is 13.1. The summed E-state index contributed by atoms with van der Waals surface area (Å²) in [6, 6.07) is 5.55. The number of fused-ring (bicyclic) bond motifs is 3. The van der Waals surface area contributed by atoms with E-state index in [-0.39, 0.29) is 34.9 Å². The number of epoxide rings is 1. The Hall–Kier alpha value is -1.80. The molecule has 5 nitrogen and oxygen atoms in total. The number of carbonyl (C=O) groups is 1. The highest BCUT2D eigenvalue weighted by atomic mass is 19.4. The second-order valence-electron chi connectivity index (χ2n) is 11.4. The molecular formula is C26H33F3N2O3. The third-order valence-corrected chi connectivity index (χ3v) is 9.45. The van der Waals surface area contributed by atoms with E-state index in [9.17, 15) is 18.0 Å². The molecule has 5 aliphatic rings. The van der Waals surface area contributed by atoms with Gasteiger partial charge in [0.15, 0.2) is 0 Å². The molecule has 3 aliphatic heterocycles. The van der Waals surface area contributed by atoms with Crippen molar-refractivity contribution in [2.75, 3.05) is 44.2 Å². The zero-order valence-corrected chi connectivity index (χ0v) is 19.7. The van der Waals surface area contributed by atoms with Gasteiger partial charge in [-0.2, -0.15) is 13.2 Å². The summed E-state index contributed by atoms with van der Waals surface area (Å²) in [5.74, 6) is 0.562. The Morgan fingerprint density at radius 3 is 2.62 bits per heavy atom. The van der Waals surface area contributed by atoms with Crippen molar-refractivity contribution in [1.29, 1.82) is 0 Å². The van der Waals surface area contributed by atoms with Gasteiger partial charge in [-0.25, -0.2) is 0 Å². The Morgan fingerprint density at radius 1 is 1.15 bits per heavy atom. The molecule has 0 bridgehead atoms. The number of ether oxygens (including phenoxy) is 2. The van der Waals surface area contributed by atoms with E-state index < -0.39 is 11.7 Å². The highest BCUT2D eigenvalue weighted by Gasteiger charge is 2.65. The molecule has 0 unspecified atom stereocenters. The molecule has 186 valence electrons. The number of hydrogen-bond donors (Lipinski definition) is 0. The first-order chi connectivity index (χ1) is 16.2. The lowest BCUT2D eigenvalue weighted by atomic mass is 9.53. The molecule has 0 amide bonds. The quantitative estimate of drug-likeness (QED) is 0.477. The minimum Gasteiger partial charge on any atom is -0.462 e. The van der Waals surface area contributed by atoms with Crippen molar-refractivity contribution in [2.24, 2.45) is 23.2 Å². The Bertz CT molecular complexity index is 957. The van der Waals surface area contributed by atoms with Gasteiger partial charge in [0.05, 0.1) is 23.7 Å². The fourth-order valence-electron chi connectivity index (χ4n) is 7.51. The number of halogens is 3. The molecule has 8 heteroatoms. The van der Waals surface area contributed by atoms with Gasteiger partial charge in [-0.3, -0.25) is 9.69 Å². The van der Waals surface area contributed by atoms with Crippen molar-refractivity contribution >= 4 is 11.7 Å². The molecule has 34 heavy (non-hydrogen) atoms. The smallest absolute Gasteiger partial charge is 0.416 e. The second kappa shape index (κ2) is 7.85. The molecule has 2 saturated carbocycles. The van der Waals surface area contributed by atoms with Crippen molar-refractivity contribution in [3.05, 3.63) is 29.8 Å². The Balaban J connectivity index is 1.10. The van der Waals surface area contributed by atoms with Gasteiger partial charge in [0, 0.05) is 44.3 Å². The molecule has 3 saturated heterocycles. The van der Waals surface area contributed by atoms with E-state index in [1.165, 1.54) is 25.0 Å². The Labute approximate surface area is 198 Å². The van der Waals surface area contributed by atoms with Crippen molar-refractivity contribution < 1.29 is 27.4 Å². The van der Waals surface area contributed by atoms with E-state index in [1.54, 1.807) is 6.07 Å². The van der Waals surface area contributed by atoms with Crippen LogP contribution in [0.1, 0.15) is 44.6 Å². The first-order valence-electron chi connectivity index (χ1n) is 12.7. The van der Waals surface area contributed by atoms with E-state index >= 15 is 0 Å². The van der Waals surface area contributed by atoms with E-state index in [1.807, 2.05) is 4.90 Å². The number of carbonyl (C=O) groups excluding carboxylic acids is 1. The van der Waals surface area contributed by atoms with Crippen LogP contribution in [0.3, 0.4) is 0 Å². The van der Waals surface area contributed by atoms with Crippen LogP contribution in [0, 0.1) is 23.2 Å². The van der Waals surface area contributed by atoms with Crippen LogP contribution in [0.4, 0.5) is 18.9 Å². The minimum atomic E-state index is -4.34. The first-order valence-corrected chi connectivity index (χ1v) is 12.7. The molecule has 0 radical (unpaired) electrons. The van der Waals surface area contributed by atoms with Gasteiger partial charge >= 0.3 is 12.1 Å². The average Bonchev–Trinajstić information content (AvgIpc) is 3.50. The summed E-state index contributed by atoms with van der Waals surface area (Å²) in [5.41, 5.74) is 0.233. The number of piperazine rings is 1. The molecule has 6 rings (SSSR count). The van der Waals surface area contributed by atoms with Gasteiger partial charge in [0.2, 0.25) is 0 Å². The third kappa shape index (κ3) is 3.81. The third-order valence-electron chi connectivity index (χ3n) is 9.45. The SMILES string of the molecule is C[C@]12CCC[C@]3(CO3)[C@H]1C[C@H]1[C@H](CN3CCN(c4cccc(C(F)(F)F)c4)CC3)C(=O)O[C@@H]1C2. The van der Waals surface area contributed by atoms with Crippen molar-refractivity contribution in [1.82, 2.24) is 4.90 Å². The number of alkyl halides is 3. The van der Waals surface area contributed by atoms with Crippen LogP contribution in [-0.4, -0.2) is 61.9 Å². The lowest BCUT2D eigenvalue weighted by Crippen LogP contribution is -2.52. The highest BCUT2D eigenvalue weighted by Crippen LogP contribution is 2.62. The van der Waals surface area contributed by atoms with Crippen molar-refractivity contribution in [3.8, 4) is 0 Å². The number of anilines is 1. The predicted molar refractivity (Wildman–Crippen MR) is 120 cm³/mol. The number of nitrogens with zero attached hydrogens (tertiary/aromatic N) is 2. The summed E-state index contributed by atoms with van der Waals surface area (Å²) in [6.07, 6.45) is 1.14. The van der Waals surface area contributed by atoms with Gasteiger partial charge in [0.1, 0.15) is 6.10 Å². The van der Waals surface area contributed by atoms with Crippen molar-refractivity contribution in [3.63, 3.8) is 0 Å². The maximum atomic E-state index is 13.1. The topological polar surface area (TPSA) is 45.3 Å². The zero-order valence-electron chi connectivity index (χ0n) is 19.7. The first kappa shape index (κ1) is 22.7. The van der Waals surface area contributed by atoms with Crippen LogP contribution in [-0.2, 0) is 20.4 Å². The van der Waals surface area contributed by atoms with Crippen LogP contribution >= 0.6 is 0 Å². The summed E-state index contributed by atoms with van der Waals surface area (Å²) < 4.78 is 51.2. The van der Waals surface area contributed by atoms with Crippen LogP contribution < -0.4 is 4.90 Å².